The summed E-state index contributed by atoms with van der Waals surface area (Å²) in [5.41, 5.74) is 2.55. The minimum Gasteiger partial charge on any atom is -0.311 e. The Balaban J connectivity index is 1.84. The maximum atomic E-state index is 4.47. The third-order valence-corrected chi connectivity index (χ3v) is 3.74. The molecule has 2 aromatic carbocycles. The molecule has 3 nitrogen and oxygen atoms in total. The summed E-state index contributed by atoms with van der Waals surface area (Å²) in [7, 11) is 0. The summed E-state index contributed by atoms with van der Waals surface area (Å²) in [6.45, 7) is 4.91. The Bertz CT molecular complexity index is 710. The average molecular weight is 279 g/mol. The van der Waals surface area contributed by atoms with Gasteiger partial charge in [-0.3, -0.25) is 4.68 Å². The maximum absolute atomic E-state index is 4.47. The number of nitrogens with one attached hydrogen (secondary N) is 1. The van der Waals surface area contributed by atoms with Crippen molar-refractivity contribution in [1.29, 1.82) is 0 Å². The van der Waals surface area contributed by atoms with Crippen molar-refractivity contribution in [2.75, 3.05) is 6.54 Å². The Hall–Kier alpha value is -2.13. The summed E-state index contributed by atoms with van der Waals surface area (Å²) in [4.78, 5) is 0. The number of nitrogens with zero attached hydrogens (tertiary/aromatic N) is 2. The molecule has 0 radical (unpaired) electrons. The highest BCUT2D eigenvalue weighted by Crippen LogP contribution is 2.19. The Kier molecular flexibility index (Phi) is 4.31. The van der Waals surface area contributed by atoms with E-state index in [0.717, 1.165) is 26.1 Å². The van der Waals surface area contributed by atoms with Gasteiger partial charge in [-0.25, -0.2) is 0 Å². The first-order chi connectivity index (χ1) is 10.4. The van der Waals surface area contributed by atoms with Crippen LogP contribution in [0, 0.1) is 0 Å². The van der Waals surface area contributed by atoms with Crippen LogP contribution in [0.4, 0.5) is 0 Å². The van der Waals surface area contributed by atoms with Crippen molar-refractivity contribution in [2.45, 2.75) is 26.4 Å². The second kappa shape index (κ2) is 6.55. The Morgan fingerprint density at radius 3 is 2.81 bits per heavy atom. The van der Waals surface area contributed by atoms with E-state index in [1.165, 1.54) is 22.0 Å². The molecule has 0 saturated carbocycles. The first-order valence-corrected chi connectivity index (χ1v) is 7.56. The summed E-state index contributed by atoms with van der Waals surface area (Å²) in [5, 5.41) is 10.5. The van der Waals surface area contributed by atoms with Crippen molar-refractivity contribution in [1.82, 2.24) is 15.1 Å². The van der Waals surface area contributed by atoms with Crippen LogP contribution in [0.25, 0.3) is 10.8 Å². The van der Waals surface area contributed by atoms with Crippen molar-refractivity contribution in [3.8, 4) is 0 Å². The van der Waals surface area contributed by atoms with E-state index >= 15 is 0 Å². The number of aromatic nitrogens is 2. The Labute approximate surface area is 125 Å². The molecule has 3 aromatic rings. The average Bonchev–Trinajstić information content (AvgIpc) is 2.95. The monoisotopic (exact) mass is 279 g/mol. The van der Waals surface area contributed by atoms with E-state index in [1.807, 2.05) is 6.20 Å². The van der Waals surface area contributed by atoms with Crippen LogP contribution in [0.1, 0.15) is 24.6 Å². The van der Waals surface area contributed by atoms with Crippen LogP contribution in [-0.4, -0.2) is 16.3 Å². The lowest BCUT2D eigenvalue weighted by atomic mass is 10.0. The second-order valence-electron chi connectivity index (χ2n) is 5.30. The molecule has 1 heterocycles. The van der Waals surface area contributed by atoms with Gasteiger partial charge in [0.05, 0.1) is 12.2 Å². The summed E-state index contributed by atoms with van der Waals surface area (Å²) >= 11 is 0. The fraction of sp³-hybridized carbons (Fsp3) is 0.278. The standard InChI is InChI=1S/C18H21N3/c1-2-11-19-13-17-10-12-20-21(17)14-16-8-5-7-15-6-3-4-9-18(15)16/h3-10,12,19H,2,11,13-14H2,1H3. The molecule has 0 atom stereocenters. The molecule has 0 aliphatic heterocycles. The van der Waals surface area contributed by atoms with Crippen LogP contribution in [-0.2, 0) is 13.1 Å². The van der Waals surface area contributed by atoms with E-state index in [-0.39, 0.29) is 0 Å². The number of hydrogen-bond donors (Lipinski definition) is 1. The van der Waals surface area contributed by atoms with Crippen molar-refractivity contribution in [3.05, 3.63) is 66.0 Å². The number of rotatable bonds is 6. The van der Waals surface area contributed by atoms with Gasteiger partial charge in [-0.2, -0.15) is 5.10 Å². The van der Waals surface area contributed by atoms with Crippen molar-refractivity contribution >= 4 is 10.8 Å². The number of hydrogen-bond acceptors (Lipinski definition) is 2. The zero-order valence-electron chi connectivity index (χ0n) is 12.4. The van der Waals surface area contributed by atoms with Gasteiger partial charge in [0.25, 0.3) is 0 Å². The van der Waals surface area contributed by atoms with Gasteiger partial charge in [-0.15, -0.1) is 0 Å². The van der Waals surface area contributed by atoms with Crippen LogP contribution in [0.5, 0.6) is 0 Å². The highest BCUT2D eigenvalue weighted by molar-refractivity contribution is 5.85. The Morgan fingerprint density at radius 2 is 1.90 bits per heavy atom. The summed E-state index contributed by atoms with van der Waals surface area (Å²) in [6.07, 6.45) is 3.03. The topological polar surface area (TPSA) is 29.9 Å². The molecule has 1 N–H and O–H groups in total. The zero-order valence-corrected chi connectivity index (χ0v) is 12.4. The number of fused-ring (bicyclic) bond motifs is 1. The van der Waals surface area contributed by atoms with Gasteiger partial charge in [0.2, 0.25) is 0 Å². The fourth-order valence-corrected chi connectivity index (χ4v) is 2.64. The molecule has 0 amide bonds. The van der Waals surface area contributed by atoms with Gasteiger partial charge in [0, 0.05) is 12.7 Å². The molecule has 0 aliphatic rings. The molecule has 0 saturated heterocycles. The van der Waals surface area contributed by atoms with Crippen LogP contribution in [0.2, 0.25) is 0 Å². The summed E-state index contributed by atoms with van der Waals surface area (Å²) < 4.78 is 2.09. The molecule has 0 spiro atoms. The van der Waals surface area contributed by atoms with E-state index in [1.54, 1.807) is 0 Å². The molecule has 3 heteroatoms. The van der Waals surface area contributed by atoms with Gasteiger partial charge in [0.15, 0.2) is 0 Å². The van der Waals surface area contributed by atoms with E-state index < -0.39 is 0 Å². The fourth-order valence-electron chi connectivity index (χ4n) is 2.64. The first-order valence-electron chi connectivity index (χ1n) is 7.56. The van der Waals surface area contributed by atoms with Gasteiger partial charge in [-0.05, 0) is 35.4 Å². The smallest absolute Gasteiger partial charge is 0.0669 e. The molecule has 1 aromatic heterocycles. The van der Waals surface area contributed by atoms with Crippen molar-refractivity contribution < 1.29 is 0 Å². The minimum absolute atomic E-state index is 0.817. The SMILES string of the molecule is CCCNCc1ccnn1Cc1cccc2ccccc12. The van der Waals surface area contributed by atoms with Crippen molar-refractivity contribution in [2.24, 2.45) is 0 Å². The molecule has 21 heavy (non-hydrogen) atoms. The molecule has 0 fully saturated rings. The first kappa shape index (κ1) is 13.8. The van der Waals surface area contributed by atoms with E-state index in [0.29, 0.717) is 0 Å². The molecule has 108 valence electrons. The van der Waals surface area contributed by atoms with E-state index in [2.05, 4.69) is 70.6 Å². The maximum Gasteiger partial charge on any atom is 0.0669 e. The minimum atomic E-state index is 0.817. The normalized spacial score (nSPS) is 11.1. The third-order valence-electron chi connectivity index (χ3n) is 3.74. The highest BCUT2D eigenvalue weighted by atomic mass is 15.3. The summed E-state index contributed by atoms with van der Waals surface area (Å²) in [5.74, 6) is 0. The van der Waals surface area contributed by atoms with Crippen LogP contribution < -0.4 is 5.32 Å². The van der Waals surface area contributed by atoms with Crippen LogP contribution in [0.3, 0.4) is 0 Å². The van der Waals surface area contributed by atoms with Gasteiger partial charge in [-0.1, -0.05) is 49.4 Å². The van der Waals surface area contributed by atoms with Crippen molar-refractivity contribution in [3.63, 3.8) is 0 Å². The Morgan fingerprint density at radius 1 is 1.05 bits per heavy atom. The van der Waals surface area contributed by atoms with Gasteiger partial charge in [0.1, 0.15) is 0 Å². The molecule has 0 bridgehead atoms. The lowest BCUT2D eigenvalue weighted by molar-refractivity contribution is 0.594. The predicted molar refractivity (Wildman–Crippen MR) is 87.3 cm³/mol. The largest absolute Gasteiger partial charge is 0.311 e. The lowest BCUT2D eigenvalue weighted by Crippen LogP contribution is -2.17. The van der Waals surface area contributed by atoms with E-state index in [9.17, 15) is 0 Å². The van der Waals surface area contributed by atoms with Crippen LogP contribution in [0.15, 0.2) is 54.7 Å². The zero-order chi connectivity index (χ0) is 14.5. The molecule has 3 rings (SSSR count). The van der Waals surface area contributed by atoms with E-state index in [4.69, 9.17) is 0 Å². The quantitative estimate of drug-likeness (QED) is 0.699. The van der Waals surface area contributed by atoms with Gasteiger partial charge < -0.3 is 5.32 Å². The highest BCUT2D eigenvalue weighted by Gasteiger charge is 2.05. The molecular formula is C18H21N3. The lowest BCUT2D eigenvalue weighted by Gasteiger charge is -2.10. The molecule has 0 unspecified atom stereocenters. The number of benzene rings is 2. The molecular weight excluding hydrogens is 258 g/mol. The molecule has 0 aliphatic carbocycles. The van der Waals surface area contributed by atoms with Crippen LogP contribution >= 0.6 is 0 Å². The predicted octanol–water partition coefficient (Wildman–Crippen LogP) is 3.58. The van der Waals surface area contributed by atoms with Gasteiger partial charge >= 0.3 is 0 Å². The summed E-state index contributed by atoms with van der Waals surface area (Å²) in [6, 6.07) is 17.1. The second-order valence-corrected chi connectivity index (χ2v) is 5.30. The third kappa shape index (κ3) is 3.14.